The van der Waals surface area contributed by atoms with Crippen LogP contribution in [-0.4, -0.2) is 55.0 Å². The lowest BCUT2D eigenvalue weighted by atomic mass is 10.2. The van der Waals surface area contributed by atoms with Crippen molar-refractivity contribution in [1.82, 2.24) is 4.90 Å². The van der Waals surface area contributed by atoms with E-state index in [4.69, 9.17) is 9.66 Å². The van der Waals surface area contributed by atoms with Crippen molar-refractivity contribution in [3.63, 3.8) is 0 Å². The van der Waals surface area contributed by atoms with Crippen molar-refractivity contribution in [2.75, 3.05) is 32.0 Å². The Hall–Kier alpha value is -0.170. The Morgan fingerprint density at radius 1 is 0.850 bits per heavy atom. The van der Waals surface area contributed by atoms with E-state index in [1.165, 1.54) is 58.2 Å². The van der Waals surface area contributed by atoms with Crippen LogP contribution in [0.15, 0.2) is 0 Å². The maximum Gasteiger partial charge on any atom is 0.267 e. The van der Waals surface area contributed by atoms with Gasteiger partial charge in [0, 0.05) is 0 Å². The largest absolute Gasteiger partial charge is 0.395 e. The molecular formula is C14H33NO4S. The van der Waals surface area contributed by atoms with Gasteiger partial charge in [-0.25, -0.2) is 0 Å². The van der Waals surface area contributed by atoms with Crippen molar-refractivity contribution in [2.24, 2.45) is 0 Å². The summed E-state index contributed by atoms with van der Waals surface area (Å²) in [6.45, 7) is 10.2. The number of unbranched alkanes of at least 4 members (excludes halogenated alkanes) is 3. The third-order valence-corrected chi connectivity index (χ3v) is 3.53. The Labute approximate surface area is 125 Å². The van der Waals surface area contributed by atoms with Crippen LogP contribution in [0.3, 0.4) is 0 Å². The van der Waals surface area contributed by atoms with Crippen LogP contribution in [0.5, 0.6) is 0 Å². The minimum Gasteiger partial charge on any atom is -0.395 e. The molecular weight excluding hydrogens is 278 g/mol. The van der Waals surface area contributed by atoms with Gasteiger partial charge in [0.1, 0.15) is 0 Å². The van der Waals surface area contributed by atoms with Crippen LogP contribution in [0.1, 0.15) is 59.3 Å². The Balaban J connectivity index is 0. The third kappa shape index (κ3) is 20.2. The van der Waals surface area contributed by atoms with Gasteiger partial charge in [-0.2, -0.15) is 8.42 Å². The smallest absolute Gasteiger partial charge is 0.267 e. The molecule has 0 spiro atoms. The summed E-state index contributed by atoms with van der Waals surface area (Å²) in [5, 5.41) is 7.86. The van der Waals surface area contributed by atoms with Gasteiger partial charge in [0.05, 0.1) is 12.4 Å². The fraction of sp³-hybridized carbons (Fsp3) is 1.00. The molecule has 124 valence electrons. The van der Waals surface area contributed by atoms with E-state index < -0.39 is 22.5 Å². The maximum atomic E-state index is 9.63. The van der Waals surface area contributed by atoms with Gasteiger partial charge in [0.25, 0.3) is 10.1 Å². The number of aliphatic hydroxyl groups excluding tert-OH is 1. The first-order valence-corrected chi connectivity index (χ1v) is 9.30. The van der Waals surface area contributed by atoms with Gasteiger partial charge < -0.3 is 10.0 Å². The number of rotatable bonds is 11. The summed E-state index contributed by atoms with van der Waals surface area (Å²) >= 11 is 0. The molecule has 0 aliphatic heterocycles. The minimum absolute atomic E-state index is 0.529. The van der Waals surface area contributed by atoms with Crippen LogP contribution in [0.2, 0.25) is 0 Å². The molecule has 0 rings (SSSR count). The van der Waals surface area contributed by atoms with Gasteiger partial charge in [0.2, 0.25) is 0 Å². The molecule has 5 nitrogen and oxygen atoms in total. The summed E-state index contributed by atoms with van der Waals surface area (Å²) in [7, 11) is -3.92. The van der Waals surface area contributed by atoms with Crippen LogP contribution < -0.4 is 0 Å². The molecule has 0 atom stereocenters. The summed E-state index contributed by atoms with van der Waals surface area (Å²) < 4.78 is 27.1. The highest BCUT2D eigenvalue weighted by Crippen LogP contribution is 2.01. The van der Waals surface area contributed by atoms with Gasteiger partial charge in [-0.15, -0.1) is 0 Å². The molecule has 0 bridgehead atoms. The van der Waals surface area contributed by atoms with Gasteiger partial charge in [-0.05, 0) is 38.9 Å². The van der Waals surface area contributed by atoms with Crippen molar-refractivity contribution < 1.29 is 18.1 Å². The fourth-order valence-corrected chi connectivity index (χ4v) is 1.83. The molecule has 0 saturated heterocycles. The lowest BCUT2D eigenvalue weighted by Crippen LogP contribution is -2.27. The minimum atomic E-state index is -3.92. The van der Waals surface area contributed by atoms with E-state index in [9.17, 15) is 8.42 Å². The zero-order chi connectivity index (χ0) is 15.9. The van der Waals surface area contributed by atoms with Crippen molar-refractivity contribution >= 4 is 10.1 Å². The predicted molar refractivity (Wildman–Crippen MR) is 84.7 cm³/mol. The van der Waals surface area contributed by atoms with Crippen molar-refractivity contribution in [2.45, 2.75) is 59.3 Å². The van der Waals surface area contributed by atoms with Crippen LogP contribution in [-0.2, 0) is 10.1 Å². The van der Waals surface area contributed by atoms with Crippen LogP contribution in [0.25, 0.3) is 0 Å². The van der Waals surface area contributed by atoms with Crippen LogP contribution in [0.4, 0.5) is 0 Å². The molecule has 6 heteroatoms. The zero-order valence-electron chi connectivity index (χ0n) is 13.3. The summed E-state index contributed by atoms with van der Waals surface area (Å²) in [6.07, 6.45) is 8.09. The number of aliphatic hydroxyl groups is 1. The molecule has 20 heavy (non-hydrogen) atoms. The molecule has 0 aromatic carbocycles. The topological polar surface area (TPSA) is 77.8 Å². The quantitative estimate of drug-likeness (QED) is 0.573. The molecule has 0 aromatic heterocycles. The van der Waals surface area contributed by atoms with Crippen molar-refractivity contribution in [3.05, 3.63) is 0 Å². The molecule has 0 amide bonds. The average molecular weight is 311 g/mol. The van der Waals surface area contributed by atoms with Crippen LogP contribution >= 0.6 is 0 Å². The van der Waals surface area contributed by atoms with Gasteiger partial charge >= 0.3 is 0 Å². The van der Waals surface area contributed by atoms with Gasteiger partial charge in [0.15, 0.2) is 0 Å². The second-order valence-electron chi connectivity index (χ2n) is 4.91. The van der Waals surface area contributed by atoms with E-state index in [0.717, 1.165) is 0 Å². The van der Waals surface area contributed by atoms with E-state index in [-0.39, 0.29) is 0 Å². The lowest BCUT2D eigenvalue weighted by Gasteiger charge is -2.21. The summed E-state index contributed by atoms with van der Waals surface area (Å²) in [6, 6.07) is 0. The Kier molecular flexibility index (Phi) is 16.8. The maximum absolute atomic E-state index is 9.63. The zero-order valence-corrected chi connectivity index (χ0v) is 14.2. The van der Waals surface area contributed by atoms with Crippen molar-refractivity contribution in [3.8, 4) is 0 Å². The molecule has 0 aromatic rings. The first-order valence-electron chi connectivity index (χ1n) is 7.69. The van der Waals surface area contributed by atoms with E-state index in [2.05, 4.69) is 25.7 Å². The molecule has 0 fully saturated rings. The normalized spacial score (nSPS) is 11.3. The summed E-state index contributed by atoms with van der Waals surface area (Å²) in [4.78, 5) is 2.64. The molecule has 0 aliphatic carbocycles. The predicted octanol–water partition coefficient (Wildman–Crippen LogP) is 2.56. The van der Waals surface area contributed by atoms with Crippen LogP contribution in [0, 0.1) is 0 Å². The molecule has 0 saturated carbocycles. The first kappa shape index (κ1) is 22.1. The average Bonchev–Trinajstić information content (AvgIpc) is 2.37. The SMILES string of the molecule is CCCCN(CCCC)CCCC.O=S(=O)(O)CCO. The monoisotopic (exact) mass is 311 g/mol. The van der Waals surface area contributed by atoms with E-state index in [1.807, 2.05) is 0 Å². The van der Waals surface area contributed by atoms with E-state index in [1.54, 1.807) is 0 Å². The Morgan fingerprint density at radius 2 is 1.20 bits per heavy atom. The Morgan fingerprint density at radius 3 is 1.35 bits per heavy atom. The number of nitrogens with zero attached hydrogens (tertiary/aromatic N) is 1. The highest BCUT2D eigenvalue weighted by Gasteiger charge is 2.01. The van der Waals surface area contributed by atoms with Gasteiger partial charge in [-0.3, -0.25) is 4.55 Å². The Bertz CT molecular complexity index is 262. The molecule has 0 heterocycles. The second-order valence-corrected chi connectivity index (χ2v) is 6.48. The summed E-state index contributed by atoms with van der Waals surface area (Å²) in [5.74, 6) is -0.576. The fourth-order valence-electron chi connectivity index (χ4n) is 1.60. The number of hydrogen-bond acceptors (Lipinski definition) is 4. The van der Waals surface area contributed by atoms with Crippen molar-refractivity contribution in [1.29, 1.82) is 0 Å². The standard InChI is InChI=1S/C12H27N.C2H6O4S/c1-4-7-10-13(11-8-5-2)12-9-6-3;3-1-2-7(4,5)6/h4-12H2,1-3H3;3H,1-2H2,(H,4,5,6). The van der Waals surface area contributed by atoms with E-state index in [0.29, 0.717) is 0 Å². The molecule has 2 N–H and O–H groups in total. The molecule has 0 radical (unpaired) electrons. The highest BCUT2D eigenvalue weighted by atomic mass is 32.2. The summed E-state index contributed by atoms with van der Waals surface area (Å²) in [5.41, 5.74) is 0. The third-order valence-electron chi connectivity index (χ3n) is 2.83. The van der Waals surface area contributed by atoms with Gasteiger partial charge in [-0.1, -0.05) is 40.0 Å². The number of hydrogen-bond donors (Lipinski definition) is 2. The lowest BCUT2D eigenvalue weighted by molar-refractivity contribution is 0.261. The van der Waals surface area contributed by atoms with E-state index >= 15 is 0 Å². The highest BCUT2D eigenvalue weighted by molar-refractivity contribution is 7.85. The first-order chi connectivity index (χ1) is 9.41. The molecule has 0 unspecified atom stereocenters. The second kappa shape index (κ2) is 15.2. The molecule has 0 aliphatic rings.